The summed E-state index contributed by atoms with van der Waals surface area (Å²) in [5.74, 6) is 0.636. The van der Waals surface area contributed by atoms with Gasteiger partial charge in [0.05, 0.1) is 6.54 Å². The third-order valence-corrected chi connectivity index (χ3v) is 2.25. The van der Waals surface area contributed by atoms with E-state index in [4.69, 9.17) is 5.11 Å². The Hall–Kier alpha value is -1.14. The van der Waals surface area contributed by atoms with Crippen molar-refractivity contribution in [2.45, 2.75) is 33.7 Å². The predicted octanol–water partition coefficient (Wildman–Crippen LogP) is 0.329. The maximum atomic E-state index is 10.9. The van der Waals surface area contributed by atoms with Gasteiger partial charge in [-0.1, -0.05) is 20.8 Å². The Labute approximate surface area is 101 Å². The van der Waals surface area contributed by atoms with Crippen LogP contribution in [0.1, 0.15) is 33.0 Å². The highest BCUT2D eigenvalue weighted by molar-refractivity contribution is 4.82. The molecule has 0 aromatic carbocycles. The van der Waals surface area contributed by atoms with Gasteiger partial charge in [0, 0.05) is 19.7 Å². The van der Waals surface area contributed by atoms with Crippen molar-refractivity contribution in [3.8, 4) is 0 Å². The Morgan fingerprint density at radius 1 is 1.41 bits per heavy atom. The van der Waals surface area contributed by atoms with Gasteiger partial charge in [0.15, 0.2) is 0 Å². The molecule has 1 aromatic heterocycles. The lowest BCUT2D eigenvalue weighted by molar-refractivity contribution is 0.163. The van der Waals surface area contributed by atoms with E-state index in [0.717, 1.165) is 19.5 Å². The van der Waals surface area contributed by atoms with Gasteiger partial charge in [0.1, 0.15) is 5.82 Å². The molecule has 98 valence electrons. The Morgan fingerprint density at radius 3 is 2.59 bits per heavy atom. The summed E-state index contributed by atoms with van der Waals surface area (Å²) in [5, 5.41) is 15.1. The van der Waals surface area contributed by atoms with Gasteiger partial charge >= 0.3 is 5.69 Å². The molecule has 0 unspecified atom stereocenters. The van der Waals surface area contributed by atoms with Crippen LogP contribution in [0.4, 0.5) is 0 Å². The Bertz CT molecular complexity index is 377. The van der Waals surface area contributed by atoms with Crippen LogP contribution in [0.15, 0.2) is 4.79 Å². The fourth-order valence-electron chi connectivity index (χ4n) is 1.77. The van der Waals surface area contributed by atoms with Crippen molar-refractivity contribution in [2.75, 3.05) is 19.7 Å². The zero-order valence-electron chi connectivity index (χ0n) is 10.8. The van der Waals surface area contributed by atoms with Crippen LogP contribution in [0, 0.1) is 5.41 Å². The first kappa shape index (κ1) is 13.9. The molecule has 0 amide bonds. The third kappa shape index (κ3) is 5.65. The second-order valence-corrected chi connectivity index (χ2v) is 5.47. The molecular formula is C11H22N4O2. The zero-order chi connectivity index (χ0) is 12.9. The van der Waals surface area contributed by atoms with Gasteiger partial charge in [-0.05, 0) is 11.8 Å². The van der Waals surface area contributed by atoms with E-state index >= 15 is 0 Å². The molecule has 0 saturated carbocycles. The molecule has 6 heteroatoms. The summed E-state index contributed by atoms with van der Waals surface area (Å²) in [6.45, 7) is 8.93. The monoisotopic (exact) mass is 242 g/mol. The molecule has 3 N–H and O–H groups in total. The summed E-state index contributed by atoms with van der Waals surface area (Å²) in [6, 6.07) is 0. The molecule has 17 heavy (non-hydrogen) atoms. The minimum atomic E-state index is -0.280. The van der Waals surface area contributed by atoms with Gasteiger partial charge in [-0.2, -0.15) is 5.10 Å². The van der Waals surface area contributed by atoms with E-state index in [1.54, 1.807) is 0 Å². The lowest BCUT2D eigenvalue weighted by Gasteiger charge is -2.29. The van der Waals surface area contributed by atoms with E-state index in [1.807, 2.05) is 0 Å². The topological polar surface area (TPSA) is 85.0 Å². The lowest BCUT2D eigenvalue weighted by atomic mass is 9.96. The van der Waals surface area contributed by atoms with Gasteiger partial charge in [-0.15, -0.1) is 0 Å². The van der Waals surface area contributed by atoms with Crippen LogP contribution >= 0.6 is 0 Å². The average molecular weight is 242 g/mol. The van der Waals surface area contributed by atoms with Crippen LogP contribution < -0.4 is 5.69 Å². The van der Waals surface area contributed by atoms with Gasteiger partial charge in [0.2, 0.25) is 0 Å². The van der Waals surface area contributed by atoms with E-state index in [-0.39, 0.29) is 17.7 Å². The number of rotatable bonds is 6. The third-order valence-electron chi connectivity index (χ3n) is 2.25. The second-order valence-electron chi connectivity index (χ2n) is 5.47. The van der Waals surface area contributed by atoms with Crippen molar-refractivity contribution in [1.82, 2.24) is 20.1 Å². The number of hydrogen-bond acceptors (Lipinski definition) is 4. The largest absolute Gasteiger partial charge is 0.396 e. The fourth-order valence-corrected chi connectivity index (χ4v) is 1.77. The molecule has 0 aliphatic rings. The summed E-state index contributed by atoms with van der Waals surface area (Å²) in [5.41, 5.74) is -0.107. The molecule has 0 spiro atoms. The molecule has 0 atom stereocenters. The van der Waals surface area contributed by atoms with Crippen molar-refractivity contribution in [3.63, 3.8) is 0 Å². The van der Waals surface area contributed by atoms with Gasteiger partial charge in [-0.25, -0.2) is 9.89 Å². The first-order valence-corrected chi connectivity index (χ1v) is 5.87. The molecule has 0 saturated heterocycles. The van der Waals surface area contributed by atoms with Crippen LogP contribution in [0.25, 0.3) is 0 Å². The van der Waals surface area contributed by atoms with Gasteiger partial charge in [-0.3, -0.25) is 9.88 Å². The summed E-state index contributed by atoms with van der Waals surface area (Å²) >= 11 is 0. The maximum absolute atomic E-state index is 10.9. The first-order chi connectivity index (χ1) is 7.90. The second kappa shape index (κ2) is 5.97. The van der Waals surface area contributed by atoms with Crippen molar-refractivity contribution >= 4 is 0 Å². The summed E-state index contributed by atoms with van der Waals surface area (Å²) < 4.78 is 0. The quantitative estimate of drug-likeness (QED) is 0.671. The molecule has 0 bridgehead atoms. The highest BCUT2D eigenvalue weighted by Gasteiger charge is 2.17. The molecule has 1 heterocycles. The van der Waals surface area contributed by atoms with Crippen LogP contribution in [0.3, 0.4) is 0 Å². The number of aromatic amines is 2. The summed E-state index contributed by atoms with van der Waals surface area (Å²) in [4.78, 5) is 15.8. The molecule has 0 radical (unpaired) electrons. The van der Waals surface area contributed by atoms with Crippen molar-refractivity contribution in [3.05, 3.63) is 16.3 Å². The normalized spacial score (nSPS) is 12.3. The fraction of sp³-hybridized carbons (Fsp3) is 0.818. The van der Waals surface area contributed by atoms with E-state index in [0.29, 0.717) is 12.4 Å². The van der Waals surface area contributed by atoms with Crippen LogP contribution in [-0.4, -0.2) is 44.9 Å². The lowest BCUT2D eigenvalue weighted by Crippen LogP contribution is -2.34. The van der Waals surface area contributed by atoms with Crippen LogP contribution in [0.2, 0.25) is 0 Å². The molecule has 1 aromatic rings. The molecule has 0 fully saturated rings. The van der Waals surface area contributed by atoms with E-state index in [2.05, 4.69) is 40.9 Å². The summed E-state index contributed by atoms with van der Waals surface area (Å²) in [6.07, 6.45) is 0.727. The van der Waals surface area contributed by atoms with Gasteiger partial charge < -0.3 is 5.11 Å². The zero-order valence-corrected chi connectivity index (χ0v) is 10.8. The van der Waals surface area contributed by atoms with Crippen molar-refractivity contribution in [1.29, 1.82) is 0 Å². The van der Waals surface area contributed by atoms with Crippen molar-refractivity contribution < 1.29 is 5.11 Å². The van der Waals surface area contributed by atoms with E-state index < -0.39 is 0 Å². The molecular weight excluding hydrogens is 220 g/mol. The molecule has 0 aliphatic carbocycles. The van der Waals surface area contributed by atoms with Crippen LogP contribution in [-0.2, 0) is 6.54 Å². The highest BCUT2D eigenvalue weighted by Crippen LogP contribution is 2.16. The first-order valence-electron chi connectivity index (χ1n) is 5.87. The molecule has 1 rings (SSSR count). The number of nitrogens with one attached hydrogen (secondary N) is 2. The maximum Gasteiger partial charge on any atom is 0.340 e. The van der Waals surface area contributed by atoms with Gasteiger partial charge in [0.25, 0.3) is 0 Å². The Morgan fingerprint density at radius 2 is 2.12 bits per heavy atom. The van der Waals surface area contributed by atoms with E-state index in [1.165, 1.54) is 0 Å². The number of hydrogen-bond donors (Lipinski definition) is 3. The molecule has 0 aliphatic heterocycles. The van der Waals surface area contributed by atoms with Crippen LogP contribution in [0.5, 0.6) is 0 Å². The van der Waals surface area contributed by atoms with E-state index in [9.17, 15) is 4.79 Å². The number of H-pyrrole nitrogens is 2. The number of aliphatic hydroxyl groups is 1. The smallest absolute Gasteiger partial charge is 0.340 e. The average Bonchev–Trinajstić information content (AvgIpc) is 2.58. The predicted molar refractivity (Wildman–Crippen MR) is 65.6 cm³/mol. The minimum absolute atomic E-state index is 0.173. The SMILES string of the molecule is CC(C)(C)CN(CCCO)Cc1n[nH]c(=O)[nH]1. The minimum Gasteiger partial charge on any atom is -0.396 e. The highest BCUT2D eigenvalue weighted by atomic mass is 16.3. The van der Waals surface area contributed by atoms with Crippen molar-refractivity contribution in [2.24, 2.45) is 5.41 Å². The standard InChI is InChI=1S/C11H22N4O2/c1-11(2,3)8-15(5-4-6-16)7-9-12-10(17)14-13-9/h16H,4-8H2,1-3H3,(H2,12,13,14,17). The number of nitrogens with zero attached hydrogens (tertiary/aromatic N) is 2. The number of aliphatic hydroxyl groups excluding tert-OH is 1. The molecule has 6 nitrogen and oxygen atoms in total. The number of aromatic nitrogens is 3. The Balaban J connectivity index is 2.59. The Kier molecular flexibility index (Phi) is 4.89. The summed E-state index contributed by atoms with van der Waals surface area (Å²) in [7, 11) is 0.